The Bertz CT molecular complexity index is 2840. The minimum Gasteiger partial charge on any atom is -0.228 e. The number of benzene rings is 8. The van der Waals surface area contributed by atoms with Gasteiger partial charge < -0.3 is 0 Å². The lowest BCUT2D eigenvalue weighted by Gasteiger charge is -2.21. The van der Waals surface area contributed by atoms with Gasteiger partial charge in [0.2, 0.25) is 0 Å². The van der Waals surface area contributed by atoms with E-state index >= 15 is 0 Å². The smallest absolute Gasteiger partial charge is 0.160 e. The summed E-state index contributed by atoms with van der Waals surface area (Å²) in [7, 11) is -2.00. The summed E-state index contributed by atoms with van der Waals surface area (Å²) in [6.07, 6.45) is 0. The molecule has 0 fully saturated rings. The first kappa shape index (κ1) is 34.5. The summed E-state index contributed by atoms with van der Waals surface area (Å²) in [5, 5.41) is 2.76. The largest absolute Gasteiger partial charge is 0.228 e. The topological polar surface area (TPSA) is 25.8 Å². The highest BCUT2D eigenvalue weighted by molar-refractivity contribution is 7.04. The first-order valence-electron chi connectivity index (χ1n) is 19.6. The fourth-order valence-electron chi connectivity index (χ4n) is 8.51. The average Bonchev–Trinajstić information content (AvgIpc) is 3.52. The molecule has 270 valence electrons. The van der Waals surface area contributed by atoms with E-state index in [2.05, 4.69) is 219 Å². The van der Waals surface area contributed by atoms with Crippen LogP contribution < -0.4 is 10.4 Å². The Morgan fingerprint density at radius 3 is 1.23 bits per heavy atom. The van der Waals surface area contributed by atoms with Crippen LogP contribution in [-0.2, 0) is 0 Å². The summed E-state index contributed by atoms with van der Waals surface area (Å²) >= 11 is 0. The molecule has 0 amide bonds. The second kappa shape index (κ2) is 14.3. The Morgan fingerprint density at radius 1 is 0.298 bits per heavy atom. The fourth-order valence-corrected chi connectivity index (χ4v) is 11.7. The Labute approximate surface area is 335 Å². The SMILES string of the molecule is C[Si]1(C)c2ccccc2-c2nc(-c3ccc(-c4cccc(-c5cccc(-c6cc(-c7ccccc7)cc(-c7ccccc7)c6)c5)c4)cc3)nc(-c3ccccc3)c21. The molecule has 0 unspecified atom stereocenters. The normalized spacial score (nSPS) is 12.5. The third-order valence-corrected chi connectivity index (χ3v) is 15.0. The molecule has 0 saturated carbocycles. The van der Waals surface area contributed by atoms with Gasteiger partial charge in [0, 0.05) is 11.1 Å². The number of nitrogens with zero attached hydrogens (tertiary/aromatic N) is 2. The number of rotatable bonds is 7. The Balaban J connectivity index is 0.993. The number of hydrogen-bond acceptors (Lipinski definition) is 2. The van der Waals surface area contributed by atoms with E-state index in [-0.39, 0.29) is 0 Å². The standard InChI is InChI=1S/C54H40N2Si/c1-57(2)50-27-13-12-26-49(50)52-53(57)51(40-20-10-5-11-21-40)55-54(56-52)41-30-28-39(29-31-41)42-22-14-23-43(32-42)44-24-15-25-45(33-44)48-35-46(37-16-6-3-7-17-37)34-47(36-48)38-18-8-4-9-19-38/h3-36H,1-2H3. The van der Waals surface area contributed by atoms with Gasteiger partial charge in [-0.1, -0.05) is 189 Å². The molecule has 0 N–H and O–H groups in total. The molecule has 0 spiro atoms. The average molecular weight is 745 g/mol. The van der Waals surface area contributed by atoms with Crippen molar-refractivity contribution >= 4 is 18.4 Å². The van der Waals surface area contributed by atoms with Crippen molar-refractivity contribution in [3.05, 3.63) is 206 Å². The Morgan fingerprint density at radius 2 is 0.667 bits per heavy atom. The first-order chi connectivity index (χ1) is 28.0. The molecule has 2 heterocycles. The maximum atomic E-state index is 5.32. The molecule has 57 heavy (non-hydrogen) atoms. The van der Waals surface area contributed by atoms with Crippen molar-refractivity contribution in [2.45, 2.75) is 13.1 Å². The number of aromatic nitrogens is 2. The monoisotopic (exact) mass is 744 g/mol. The van der Waals surface area contributed by atoms with Crippen molar-refractivity contribution in [3.63, 3.8) is 0 Å². The molecule has 0 saturated heterocycles. The molecule has 1 aliphatic heterocycles. The van der Waals surface area contributed by atoms with E-state index in [1.807, 2.05) is 0 Å². The second-order valence-electron chi connectivity index (χ2n) is 15.4. The van der Waals surface area contributed by atoms with Crippen LogP contribution in [0.5, 0.6) is 0 Å². The van der Waals surface area contributed by atoms with E-state index in [1.165, 1.54) is 66.0 Å². The van der Waals surface area contributed by atoms with E-state index in [9.17, 15) is 0 Å². The van der Waals surface area contributed by atoms with Gasteiger partial charge in [-0.25, -0.2) is 9.97 Å². The summed E-state index contributed by atoms with van der Waals surface area (Å²) in [4.78, 5) is 10.6. The minimum atomic E-state index is -2.00. The molecule has 3 heteroatoms. The van der Waals surface area contributed by atoms with Gasteiger partial charge in [0.25, 0.3) is 0 Å². The molecule has 9 aromatic rings. The summed E-state index contributed by atoms with van der Waals surface area (Å²) in [5.41, 5.74) is 17.5. The van der Waals surface area contributed by atoms with Gasteiger partial charge in [-0.05, 0) is 102 Å². The van der Waals surface area contributed by atoms with Crippen LogP contribution >= 0.6 is 0 Å². The zero-order valence-electron chi connectivity index (χ0n) is 32.0. The molecule has 1 aliphatic rings. The molecule has 0 aliphatic carbocycles. The zero-order chi connectivity index (χ0) is 38.3. The van der Waals surface area contributed by atoms with Crippen LogP contribution in [-0.4, -0.2) is 18.0 Å². The van der Waals surface area contributed by atoms with Gasteiger partial charge in [0.05, 0.1) is 11.4 Å². The third-order valence-electron chi connectivity index (χ3n) is 11.5. The maximum absolute atomic E-state index is 5.32. The van der Waals surface area contributed by atoms with Gasteiger partial charge in [-0.3, -0.25) is 0 Å². The number of fused-ring (bicyclic) bond motifs is 3. The Kier molecular flexibility index (Phi) is 8.66. The van der Waals surface area contributed by atoms with Crippen molar-refractivity contribution < 1.29 is 0 Å². The van der Waals surface area contributed by atoms with E-state index in [1.54, 1.807) is 0 Å². The summed E-state index contributed by atoms with van der Waals surface area (Å²) in [5.74, 6) is 0.762. The van der Waals surface area contributed by atoms with Crippen LogP contribution in [0, 0.1) is 0 Å². The second-order valence-corrected chi connectivity index (χ2v) is 19.7. The summed E-state index contributed by atoms with van der Waals surface area (Å²) < 4.78 is 0. The zero-order valence-corrected chi connectivity index (χ0v) is 33.0. The summed E-state index contributed by atoms with van der Waals surface area (Å²) in [6.45, 7) is 4.86. The lowest BCUT2D eigenvalue weighted by atomic mass is 9.92. The third kappa shape index (κ3) is 6.42. The highest BCUT2D eigenvalue weighted by Crippen LogP contribution is 2.37. The molecular formula is C54H40N2Si. The van der Waals surface area contributed by atoms with E-state index in [0.29, 0.717) is 0 Å². The van der Waals surface area contributed by atoms with Crippen LogP contribution in [0.2, 0.25) is 13.1 Å². The molecule has 2 nitrogen and oxygen atoms in total. The van der Waals surface area contributed by atoms with E-state index in [4.69, 9.17) is 9.97 Å². The highest BCUT2D eigenvalue weighted by Gasteiger charge is 2.41. The highest BCUT2D eigenvalue weighted by atomic mass is 28.3. The maximum Gasteiger partial charge on any atom is 0.160 e. The van der Waals surface area contributed by atoms with Crippen LogP contribution in [0.25, 0.3) is 89.5 Å². The van der Waals surface area contributed by atoms with Gasteiger partial charge in [-0.2, -0.15) is 0 Å². The minimum absolute atomic E-state index is 0.762. The fraction of sp³-hybridized carbons (Fsp3) is 0.0370. The lowest BCUT2D eigenvalue weighted by molar-refractivity contribution is 1.20. The quantitative estimate of drug-likeness (QED) is 0.152. The van der Waals surface area contributed by atoms with E-state index < -0.39 is 8.07 Å². The van der Waals surface area contributed by atoms with Gasteiger partial charge in [0.1, 0.15) is 8.07 Å². The van der Waals surface area contributed by atoms with Gasteiger partial charge in [0.15, 0.2) is 5.82 Å². The molecule has 10 rings (SSSR count). The van der Waals surface area contributed by atoms with E-state index in [0.717, 1.165) is 33.9 Å². The van der Waals surface area contributed by atoms with Crippen molar-refractivity contribution in [1.82, 2.24) is 9.97 Å². The van der Waals surface area contributed by atoms with Gasteiger partial charge in [-0.15, -0.1) is 0 Å². The number of hydrogen-bond donors (Lipinski definition) is 0. The predicted molar refractivity (Wildman–Crippen MR) is 242 cm³/mol. The van der Waals surface area contributed by atoms with Crippen LogP contribution in [0.15, 0.2) is 206 Å². The molecular weight excluding hydrogens is 705 g/mol. The molecule has 1 aromatic heterocycles. The van der Waals surface area contributed by atoms with Crippen molar-refractivity contribution in [2.24, 2.45) is 0 Å². The van der Waals surface area contributed by atoms with Crippen molar-refractivity contribution in [1.29, 1.82) is 0 Å². The molecule has 0 bridgehead atoms. The first-order valence-corrected chi connectivity index (χ1v) is 22.6. The van der Waals surface area contributed by atoms with Crippen LogP contribution in [0.4, 0.5) is 0 Å². The van der Waals surface area contributed by atoms with Crippen molar-refractivity contribution in [2.75, 3.05) is 0 Å². The van der Waals surface area contributed by atoms with Crippen LogP contribution in [0.1, 0.15) is 0 Å². The lowest BCUT2D eigenvalue weighted by Crippen LogP contribution is -2.50. The summed E-state index contributed by atoms with van der Waals surface area (Å²) in [6, 6.07) is 74.2. The Hall–Kier alpha value is -6.94. The molecule has 0 radical (unpaired) electrons. The van der Waals surface area contributed by atoms with Crippen molar-refractivity contribution in [3.8, 4) is 89.5 Å². The molecule has 0 atom stereocenters. The predicted octanol–water partition coefficient (Wildman–Crippen LogP) is 12.9. The molecule has 8 aromatic carbocycles. The van der Waals surface area contributed by atoms with Crippen LogP contribution in [0.3, 0.4) is 0 Å². The van der Waals surface area contributed by atoms with Gasteiger partial charge >= 0.3 is 0 Å².